The summed E-state index contributed by atoms with van der Waals surface area (Å²) in [5, 5.41) is 2.81. The normalized spacial score (nSPS) is 20.7. The van der Waals surface area contributed by atoms with E-state index in [-0.39, 0.29) is 23.5 Å². The summed E-state index contributed by atoms with van der Waals surface area (Å²) in [7, 11) is 1.57. The Morgan fingerprint density at radius 1 is 1.32 bits per heavy atom. The number of ether oxygens (including phenoxy) is 1. The van der Waals surface area contributed by atoms with E-state index in [9.17, 15) is 14.4 Å². The number of hydrogen-bond donors (Lipinski definition) is 1. The summed E-state index contributed by atoms with van der Waals surface area (Å²) in [6, 6.07) is 2.99. The Hall–Kier alpha value is -2.35. The van der Waals surface area contributed by atoms with Gasteiger partial charge < -0.3 is 24.4 Å². The molecule has 2 saturated heterocycles. The van der Waals surface area contributed by atoms with Crippen molar-refractivity contribution in [1.82, 2.24) is 19.7 Å². The lowest BCUT2D eigenvalue weighted by Gasteiger charge is -2.37. The number of urea groups is 1. The van der Waals surface area contributed by atoms with Gasteiger partial charge in [0.05, 0.1) is 18.2 Å². The second-order valence-corrected chi connectivity index (χ2v) is 6.41. The molecule has 1 aromatic rings. The summed E-state index contributed by atoms with van der Waals surface area (Å²) in [5.74, 6) is -0.101. The van der Waals surface area contributed by atoms with Crippen LogP contribution in [0.3, 0.4) is 0 Å². The number of amides is 3. The van der Waals surface area contributed by atoms with Gasteiger partial charge in [0.1, 0.15) is 0 Å². The third-order valence-corrected chi connectivity index (χ3v) is 4.78. The monoisotopic (exact) mass is 348 g/mol. The number of pyridine rings is 1. The third kappa shape index (κ3) is 3.84. The summed E-state index contributed by atoms with van der Waals surface area (Å²) in [4.78, 5) is 40.2. The Kier molecular flexibility index (Phi) is 5.37. The zero-order valence-corrected chi connectivity index (χ0v) is 14.4. The van der Waals surface area contributed by atoms with E-state index in [0.29, 0.717) is 44.9 Å². The number of aromatic nitrogens is 1. The van der Waals surface area contributed by atoms with E-state index in [2.05, 4.69) is 5.32 Å². The van der Waals surface area contributed by atoms with Crippen LogP contribution < -0.4 is 10.9 Å². The summed E-state index contributed by atoms with van der Waals surface area (Å²) < 4.78 is 6.49. The lowest BCUT2D eigenvalue weighted by Crippen LogP contribution is -2.50. The summed E-state index contributed by atoms with van der Waals surface area (Å²) >= 11 is 0. The molecule has 136 valence electrons. The fourth-order valence-electron chi connectivity index (χ4n) is 3.43. The minimum atomic E-state index is -0.154. The van der Waals surface area contributed by atoms with Crippen LogP contribution in [0.25, 0.3) is 0 Å². The molecule has 0 spiro atoms. The number of hydrogen-bond acceptors (Lipinski definition) is 4. The molecule has 2 fully saturated rings. The molecule has 0 aliphatic carbocycles. The molecular weight excluding hydrogens is 324 g/mol. The molecule has 3 amide bonds. The van der Waals surface area contributed by atoms with E-state index in [1.165, 1.54) is 10.6 Å². The van der Waals surface area contributed by atoms with E-state index in [1.807, 2.05) is 4.90 Å². The van der Waals surface area contributed by atoms with Gasteiger partial charge in [-0.3, -0.25) is 9.59 Å². The Morgan fingerprint density at radius 3 is 2.88 bits per heavy atom. The van der Waals surface area contributed by atoms with Crippen molar-refractivity contribution in [3.8, 4) is 0 Å². The van der Waals surface area contributed by atoms with Crippen LogP contribution in [-0.4, -0.2) is 72.2 Å². The van der Waals surface area contributed by atoms with E-state index in [4.69, 9.17) is 4.74 Å². The molecule has 3 rings (SSSR count). The summed E-state index contributed by atoms with van der Waals surface area (Å²) in [5.41, 5.74) is 0.334. The molecule has 8 heteroatoms. The zero-order chi connectivity index (χ0) is 17.8. The first-order chi connectivity index (χ1) is 12.1. The highest BCUT2D eigenvalue weighted by atomic mass is 16.5. The maximum atomic E-state index is 12.8. The predicted molar refractivity (Wildman–Crippen MR) is 91.6 cm³/mol. The Labute approximate surface area is 146 Å². The minimum Gasteiger partial charge on any atom is -0.383 e. The predicted octanol–water partition coefficient (Wildman–Crippen LogP) is 0.125. The lowest BCUT2D eigenvalue weighted by atomic mass is 10.0. The molecule has 0 radical (unpaired) electrons. The SMILES string of the molecule is COCCn1cc(C(=O)N2CCCC(N3CCNC3=O)C2)ccc1=O. The number of likely N-dealkylation sites (tertiary alicyclic amines) is 1. The van der Waals surface area contributed by atoms with Crippen LogP contribution in [0.4, 0.5) is 4.79 Å². The number of carbonyl (C=O) groups is 2. The first kappa shape index (κ1) is 17.5. The fraction of sp³-hybridized carbons (Fsp3) is 0.588. The third-order valence-electron chi connectivity index (χ3n) is 4.78. The van der Waals surface area contributed by atoms with E-state index in [1.54, 1.807) is 24.3 Å². The number of methoxy groups -OCH3 is 1. The van der Waals surface area contributed by atoms with Crippen LogP contribution >= 0.6 is 0 Å². The van der Waals surface area contributed by atoms with Gasteiger partial charge in [0.25, 0.3) is 11.5 Å². The molecule has 2 aliphatic rings. The fourth-order valence-corrected chi connectivity index (χ4v) is 3.43. The van der Waals surface area contributed by atoms with Crippen molar-refractivity contribution in [1.29, 1.82) is 0 Å². The Morgan fingerprint density at radius 2 is 2.16 bits per heavy atom. The van der Waals surface area contributed by atoms with Gasteiger partial charge >= 0.3 is 6.03 Å². The smallest absolute Gasteiger partial charge is 0.317 e. The van der Waals surface area contributed by atoms with Crippen LogP contribution in [0, 0.1) is 0 Å². The summed E-state index contributed by atoms with van der Waals surface area (Å²) in [6.45, 7) is 3.37. The van der Waals surface area contributed by atoms with Gasteiger partial charge in [-0.05, 0) is 18.9 Å². The average molecular weight is 348 g/mol. The largest absolute Gasteiger partial charge is 0.383 e. The molecule has 2 aliphatic heterocycles. The van der Waals surface area contributed by atoms with E-state index >= 15 is 0 Å². The second kappa shape index (κ2) is 7.69. The average Bonchev–Trinajstić information content (AvgIpc) is 3.06. The van der Waals surface area contributed by atoms with Gasteiger partial charge in [0, 0.05) is 52.1 Å². The molecule has 0 bridgehead atoms. The summed E-state index contributed by atoms with van der Waals surface area (Å²) in [6.07, 6.45) is 3.36. The van der Waals surface area contributed by atoms with Crippen molar-refractivity contribution in [2.75, 3.05) is 39.9 Å². The Balaban J connectivity index is 1.71. The minimum absolute atomic E-state index is 0.0487. The van der Waals surface area contributed by atoms with Crippen LogP contribution in [0.15, 0.2) is 23.1 Å². The molecule has 1 aromatic heterocycles. The Bertz CT molecular complexity index is 702. The van der Waals surface area contributed by atoms with Crippen LogP contribution in [-0.2, 0) is 11.3 Å². The van der Waals surface area contributed by atoms with Crippen molar-refractivity contribution in [3.63, 3.8) is 0 Å². The van der Waals surface area contributed by atoms with Gasteiger partial charge in [-0.25, -0.2) is 4.79 Å². The van der Waals surface area contributed by atoms with E-state index < -0.39 is 0 Å². The van der Waals surface area contributed by atoms with Gasteiger partial charge in [0.15, 0.2) is 0 Å². The molecule has 1 atom stereocenters. The highest BCUT2D eigenvalue weighted by molar-refractivity contribution is 5.94. The van der Waals surface area contributed by atoms with Crippen LogP contribution in [0.1, 0.15) is 23.2 Å². The van der Waals surface area contributed by atoms with Crippen molar-refractivity contribution >= 4 is 11.9 Å². The number of nitrogens with one attached hydrogen (secondary N) is 1. The second-order valence-electron chi connectivity index (χ2n) is 6.41. The standard InChI is InChI=1S/C17H24N4O4/c1-25-10-9-19-11-13(4-5-15(19)22)16(23)20-7-2-3-14(12-20)21-8-6-18-17(21)24/h4-5,11,14H,2-3,6-10,12H2,1H3,(H,18,24). The number of nitrogens with zero attached hydrogens (tertiary/aromatic N) is 3. The maximum Gasteiger partial charge on any atom is 0.317 e. The van der Waals surface area contributed by atoms with Gasteiger partial charge in [0.2, 0.25) is 0 Å². The highest BCUT2D eigenvalue weighted by Crippen LogP contribution is 2.19. The van der Waals surface area contributed by atoms with Crippen molar-refractivity contribution in [2.45, 2.75) is 25.4 Å². The maximum absolute atomic E-state index is 12.8. The first-order valence-electron chi connectivity index (χ1n) is 8.63. The quantitative estimate of drug-likeness (QED) is 0.819. The van der Waals surface area contributed by atoms with Gasteiger partial charge in [-0.2, -0.15) is 0 Å². The lowest BCUT2D eigenvalue weighted by molar-refractivity contribution is 0.0633. The zero-order valence-electron chi connectivity index (χ0n) is 14.4. The molecule has 3 heterocycles. The highest BCUT2D eigenvalue weighted by Gasteiger charge is 2.33. The molecule has 0 saturated carbocycles. The molecular formula is C17H24N4O4. The van der Waals surface area contributed by atoms with Crippen molar-refractivity contribution < 1.29 is 14.3 Å². The first-order valence-corrected chi connectivity index (χ1v) is 8.63. The topological polar surface area (TPSA) is 83.9 Å². The van der Waals surface area contributed by atoms with Gasteiger partial charge in [-0.15, -0.1) is 0 Å². The van der Waals surface area contributed by atoms with Crippen molar-refractivity contribution in [3.05, 3.63) is 34.2 Å². The number of piperidine rings is 1. The molecule has 1 N–H and O–H groups in total. The molecule has 1 unspecified atom stereocenters. The molecule has 0 aromatic carbocycles. The van der Waals surface area contributed by atoms with Gasteiger partial charge in [-0.1, -0.05) is 0 Å². The number of rotatable bonds is 5. The van der Waals surface area contributed by atoms with Crippen LogP contribution in [0.5, 0.6) is 0 Å². The van der Waals surface area contributed by atoms with Crippen LogP contribution in [0.2, 0.25) is 0 Å². The number of carbonyl (C=O) groups excluding carboxylic acids is 2. The molecule has 25 heavy (non-hydrogen) atoms. The van der Waals surface area contributed by atoms with Crippen molar-refractivity contribution in [2.24, 2.45) is 0 Å². The molecule has 8 nitrogen and oxygen atoms in total. The van der Waals surface area contributed by atoms with E-state index in [0.717, 1.165) is 12.8 Å².